The second-order valence-corrected chi connectivity index (χ2v) is 6.89. The van der Waals surface area contributed by atoms with Crippen LogP contribution >= 0.6 is 0 Å². The molecule has 1 amide bonds. The number of hydrogen-bond acceptors (Lipinski definition) is 5. The predicted molar refractivity (Wildman–Crippen MR) is 90.4 cm³/mol. The summed E-state index contributed by atoms with van der Waals surface area (Å²) in [6, 6.07) is -0.852. The standard InChI is InChI=1S/C17H28N2O5/c1-7-10(8-2)12(18-16(23)24-17(4,5)6)13(20)11-9(3)14(21)19-15(11)22/h10,12,19,21-22H,7-8H2,1-6H3,(H,18,23). The van der Waals surface area contributed by atoms with E-state index in [-0.39, 0.29) is 22.9 Å². The van der Waals surface area contributed by atoms with Gasteiger partial charge in [0.25, 0.3) is 0 Å². The predicted octanol–water partition coefficient (Wildman–Crippen LogP) is 3.25. The summed E-state index contributed by atoms with van der Waals surface area (Å²) in [5.41, 5.74) is -0.448. The van der Waals surface area contributed by atoms with Gasteiger partial charge in [0.15, 0.2) is 11.7 Å². The largest absolute Gasteiger partial charge is 0.494 e. The Hall–Kier alpha value is -2.18. The molecule has 4 N–H and O–H groups in total. The first-order valence-electron chi connectivity index (χ1n) is 8.16. The molecule has 136 valence electrons. The highest BCUT2D eigenvalue weighted by molar-refractivity contribution is 6.05. The second kappa shape index (κ2) is 7.59. The van der Waals surface area contributed by atoms with E-state index in [0.29, 0.717) is 12.8 Å². The maximum atomic E-state index is 12.9. The molecule has 0 saturated carbocycles. The third kappa shape index (κ3) is 4.66. The molecule has 0 fully saturated rings. The van der Waals surface area contributed by atoms with Crippen molar-refractivity contribution >= 4 is 11.9 Å². The number of nitrogens with one attached hydrogen (secondary N) is 2. The van der Waals surface area contributed by atoms with E-state index >= 15 is 0 Å². The van der Waals surface area contributed by atoms with Crippen molar-refractivity contribution in [2.75, 3.05) is 0 Å². The Labute approximate surface area is 142 Å². The molecular weight excluding hydrogens is 312 g/mol. The first kappa shape index (κ1) is 19.9. The van der Waals surface area contributed by atoms with Crippen molar-refractivity contribution in [2.24, 2.45) is 5.92 Å². The van der Waals surface area contributed by atoms with Crippen LogP contribution in [0.2, 0.25) is 0 Å². The monoisotopic (exact) mass is 340 g/mol. The number of hydrogen-bond donors (Lipinski definition) is 4. The number of carbonyl (C=O) groups excluding carboxylic acids is 2. The van der Waals surface area contributed by atoms with E-state index in [2.05, 4.69) is 10.3 Å². The lowest BCUT2D eigenvalue weighted by Gasteiger charge is -2.27. The maximum Gasteiger partial charge on any atom is 0.408 e. The summed E-state index contributed by atoms with van der Waals surface area (Å²) in [6.07, 6.45) is 0.641. The van der Waals surface area contributed by atoms with Crippen molar-refractivity contribution < 1.29 is 24.5 Å². The molecule has 0 bridgehead atoms. The molecule has 0 aliphatic carbocycles. The van der Waals surface area contributed by atoms with Gasteiger partial charge < -0.3 is 20.3 Å². The SMILES string of the molecule is CCC(CC)C(NC(=O)OC(C)(C)C)C(=O)c1c(O)[nH]c(O)c1C. The summed E-state index contributed by atoms with van der Waals surface area (Å²) >= 11 is 0. The van der Waals surface area contributed by atoms with Crippen molar-refractivity contribution in [2.45, 2.75) is 66.0 Å². The summed E-state index contributed by atoms with van der Waals surface area (Å²) < 4.78 is 5.24. The zero-order valence-corrected chi connectivity index (χ0v) is 15.2. The number of carbonyl (C=O) groups is 2. The quantitative estimate of drug-likeness (QED) is 0.594. The van der Waals surface area contributed by atoms with Crippen molar-refractivity contribution in [1.29, 1.82) is 0 Å². The molecule has 1 heterocycles. The summed E-state index contributed by atoms with van der Waals surface area (Å²) in [4.78, 5) is 27.3. The minimum atomic E-state index is -0.852. The highest BCUT2D eigenvalue weighted by Crippen LogP contribution is 2.31. The number of aromatic hydroxyl groups is 2. The molecule has 24 heavy (non-hydrogen) atoms. The molecule has 0 aliphatic heterocycles. The van der Waals surface area contributed by atoms with Crippen LogP contribution in [-0.4, -0.2) is 38.7 Å². The average Bonchev–Trinajstić information content (AvgIpc) is 2.69. The molecule has 0 aromatic carbocycles. The lowest BCUT2D eigenvalue weighted by atomic mass is 9.88. The van der Waals surface area contributed by atoms with Gasteiger partial charge in [0.1, 0.15) is 5.60 Å². The smallest absolute Gasteiger partial charge is 0.408 e. The number of rotatable bonds is 6. The molecular formula is C17H28N2O5. The van der Waals surface area contributed by atoms with Gasteiger partial charge in [0.2, 0.25) is 5.88 Å². The number of aromatic amines is 1. The number of aromatic nitrogens is 1. The maximum absolute atomic E-state index is 12.9. The summed E-state index contributed by atoms with van der Waals surface area (Å²) in [5.74, 6) is -1.25. The van der Waals surface area contributed by atoms with Crippen molar-refractivity contribution in [3.05, 3.63) is 11.1 Å². The minimum Gasteiger partial charge on any atom is -0.494 e. The van der Waals surface area contributed by atoms with E-state index in [9.17, 15) is 19.8 Å². The van der Waals surface area contributed by atoms with Crippen LogP contribution in [0.15, 0.2) is 0 Å². The van der Waals surface area contributed by atoms with Gasteiger partial charge >= 0.3 is 6.09 Å². The Morgan fingerprint density at radius 3 is 2.08 bits per heavy atom. The van der Waals surface area contributed by atoms with Gasteiger partial charge in [-0.25, -0.2) is 4.79 Å². The van der Waals surface area contributed by atoms with Gasteiger partial charge in [-0.05, 0) is 33.6 Å². The fourth-order valence-electron chi connectivity index (χ4n) is 2.61. The summed E-state index contributed by atoms with van der Waals surface area (Å²) in [7, 11) is 0. The van der Waals surface area contributed by atoms with E-state index in [1.54, 1.807) is 20.8 Å². The third-order valence-electron chi connectivity index (χ3n) is 3.93. The molecule has 1 atom stereocenters. The van der Waals surface area contributed by atoms with Crippen LogP contribution in [0.1, 0.15) is 63.4 Å². The summed E-state index contributed by atoms with van der Waals surface area (Å²) in [5, 5.41) is 22.2. The molecule has 0 radical (unpaired) electrons. The highest BCUT2D eigenvalue weighted by Gasteiger charge is 2.34. The lowest BCUT2D eigenvalue weighted by molar-refractivity contribution is 0.0467. The lowest BCUT2D eigenvalue weighted by Crippen LogP contribution is -2.47. The first-order valence-corrected chi connectivity index (χ1v) is 8.16. The highest BCUT2D eigenvalue weighted by atomic mass is 16.6. The molecule has 0 saturated heterocycles. The van der Waals surface area contributed by atoms with Gasteiger partial charge in [-0.15, -0.1) is 0 Å². The third-order valence-corrected chi connectivity index (χ3v) is 3.93. The van der Waals surface area contributed by atoms with Crippen LogP contribution < -0.4 is 5.32 Å². The Morgan fingerprint density at radius 2 is 1.71 bits per heavy atom. The normalized spacial score (nSPS) is 13.0. The Kier molecular flexibility index (Phi) is 6.29. The molecule has 1 aromatic rings. The molecule has 1 unspecified atom stereocenters. The molecule has 1 rings (SSSR count). The van der Waals surface area contributed by atoms with Crippen LogP contribution in [0.3, 0.4) is 0 Å². The van der Waals surface area contributed by atoms with E-state index in [1.807, 2.05) is 13.8 Å². The summed E-state index contributed by atoms with van der Waals surface area (Å²) in [6.45, 7) is 10.6. The van der Waals surface area contributed by atoms with Crippen molar-refractivity contribution in [3.63, 3.8) is 0 Å². The van der Waals surface area contributed by atoms with Crippen LogP contribution in [0, 0.1) is 12.8 Å². The topological polar surface area (TPSA) is 112 Å². The van der Waals surface area contributed by atoms with Gasteiger partial charge in [-0.3, -0.25) is 9.78 Å². The van der Waals surface area contributed by atoms with Gasteiger partial charge in [0.05, 0.1) is 11.6 Å². The van der Waals surface area contributed by atoms with Crippen LogP contribution in [0.4, 0.5) is 4.79 Å². The Bertz CT molecular complexity index is 597. The van der Waals surface area contributed by atoms with Crippen LogP contribution in [-0.2, 0) is 4.74 Å². The zero-order valence-electron chi connectivity index (χ0n) is 15.2. The minimum absolute atomic E-state index is 0.0135. The van der Waals surface area contributed by atoms with E-state index in [1.165, 1.54) is 6.92 Å². The number of alkyl carbamates (subject to hydrolysis) is 1. The van der Waals surface area contributed by atoms with Gasteiger partial charge in [0, 0.05) is 5.56 Å². The molecule has 7 nitrogen and oxygen atoms in total. The van der Waals surface area contributed by atoms with E-state index in [0.717, 1.165) is 0 Å². The molecule has 7 heteroatoms. The molecule has 0 spiro atoms. The van der Waals surface area contributed by atoms with Gasteiger partial charge in [-0.2, -0.15) is 0 Å². The first-order chi connectivity index (χ1) is 11.0. The number of ether oxygens (including phenoxy) is 1. The number of H-pyrrole nitrogens is 1. The fraction of sp³-hybridized carbons (Fsp3) is 0.647. The number of amides is 1. The number of ketones is 1. The second-order valence-electron chi connectivity index (χ2n) is 6.89. The zero-order chi connectivity index (χ0) is 18.7. The molecule has 0 aliphatic rings. The molecule has 1 aromatic heterocycles. The van der Waals surface area contributed by atoms with E-state index in [4.69, 9.17) is 4.74 Å². The average molecular weight is 340 g/mol. The fourth-order valence-corrected chi connectivity index (χ4v) is 2.61. The van der Waals surface area contributed by atoms with E-state index < -0.39 is 29.4 Å². The van der Waals surface area contributed by atoms with Crippen molar-refractivity contribution in [3.8, 4) is 11.8 Å². The van der Waals surface area contributed by atoms with Gasteiger partial charge in [-0.1, -0.05) is 26.7 Å². The number of Topliss-reactive ketones (excluding diaryl/α,β-unsaturated/α-hetero) is 1. The van der Waals surface area contributed by atoms with Crippen LogP contribution in [0.5, 0.6) is 11.8 Å². The Balaban J connectivity index is 3.14. The Morgan fingerprint density at radius 1 is 1.17 bits per heavy atom. The van der Waals surface area contributed by atoms with Crippen LogP contribution in [0.25, 0.3) is 0 Å². The van der Waals surface area contributed by atoms with Crippen molar-refractivity contribution in [1.82, 2.24) is 10.3 Å².